The van der Waals surface area contributed by atoms with Crippen molar-refractivity contribution in [2.45, 2.75) is 19.6 Å². The Labute approximate surface area is 137 Å². The number of anilines is 2. The molecular formula is C14H15FN2O6S. The van der Waals surface area contributed by atoms with E-state index in [1.165, 1.54) is 19.9 Å². The number of benzene rings is 1. The van der Waals surface area contributed by atoms with Crippen LogP contribution >= 0.6 is 0 Å². The first-order chi connectivity index (χ1) is 11.0. The molecule has 0 saturated carbocycles. The van der Waals surface area contributed by atoms with Gasteiger partial charge in [-0.15, -0.1) is 0 Å². The zero-order chi connectivity index (χ0) is 18.1. The molecule has 1 aliphatic heterocycles. The monoisotopic (exact) mass is 358 g/mol. The van der Waals surface area contributed by atoms with Crippen LogP contribution in [0.3, 0.4) is 0 Å². The lowest BCUT2D eigenvalue weighted by molar-refractivity contribution is -0.222. The average Bonchev–Trinajstić information content (AvgIpc) is 2.38. The van der Waals surface area contributed by atoms with Gasteiger partial charge in [0.2, 0.25) is 10.0 Å². The normalized spacial score (nSPS) is 16.9. The molecule has 0 aromatic heterocycles. The maximum absolute atomic E-state index is 13.8. The Morgan fingerprint density at radius 1 is 1.17 bits per heavy atom. The van der Waals surface area contributed by atoms with Crippen molar-refractivity contribution in [3.63, 3.8) is 0 Å². The fourth-order valence-corrected chi connectivity index (χ4v) is 2.40. The highest BCUT2D eigenvalue weighted by Gasteiger charge is 2.38. The summed E-state index contributed by atoms with van der Waals surface area (Å²) in [6, 6.07) is 3.41. The van der Waals surface area contributed by atoms with Crippen molar-refractivity contribution in [1.29, 1.82) is 0 Å². The first-order valence-corrected chi connectivity index (χ1v) is 8.57. The van der Waals surface area contributed by atoms with E-state index < -0.39 is 39.1 Å². The van der Waals surface area contributed by atoms with Crippen molar-refractivity contribution >= 4 is 33.3 Å². The Balaban J connectivity index is 2.23. The van der Waals surface area contributed by atoms with Gasteiger partial charge in [0.25, 0.3) is 5.79 Å². The Kier molecular flexibility index (Phi) is 4.52. The summed E-state index contributed by atoms with van der Waals surface area (Å²) in [7, 11) is -3.54. The first kappa shape index (κ1) is 17.7. The molecule has 0 atom stereocenters. The summed E-state index contributed by atoms with van der Waals surface area (Å²) in [5, 5.41) is 2.42. The summed E-state index contributed by atoms with van der Waals surface area (Å²) in [5.41, 5.74) is -0.494. The van der Waals surface area contributed by atoms with Crippen LogP contribution in [0.25, 0.3) is 0 Å². The van der Waals surface area contributed by atoms with Crippen LogP contribution in [-0.2, 0) is 29.1 Å². The van der Waals surface area contributed by atoms with Gasteiger partial charge in [-0.25, -0.2) is 22.4 Å². The van der Waals surface area contributed by atoms with Crippen LogP contribution < -0.4 is 10.0 Å². The van der Waals surface area contributed by atoms with E-state index in [1.54, 1.807) is 0 Å². The molecule has 1 aromatic rings. The van der Waals surface area contributed by atoms with Crippen LogP contribution in [0.5, 0.6) is 0 Å². The maximum Gasteiger partial charge on any atom is 0.350 e. The smallest absolute Gasteiger partial charge is 0.350 e. The molecule has 10 heteroatoms. The minimum atomic E-state index is -3.54. The van der Waals surface area contributed by atoms with Gasteiger partial charge in [-0.05, 0) is 18.2 Å². The van der Waals surface area contributed by atoms with Gasteiger partial charge in [0.1, 0.15) is 5.82 Å². The van der Waals surface area contributed by atoms with Gasteiger partial charge in [-0.1, -0.05) is 0 Å². The molecule has 24 heavy (non-hydrogen) atoms. The van der Waals surface area contributed by atoms with E-state index in [4.69, 9.17) is 9.47 Å². The third-order valence-corrected chi connectivity index (χ3v) is 3.36. The van der Waals surface area contributed by atoms with E-state index >= 15 is 0 Å². The molecule has 1 heterocycles. The lowest BCUT2D eigenvalue weighted by atomic mass is 10.2. The molecule has 0 aliphatic carbocycles. The third kappa shape index (κ3) is 4.44. The molecule has 8 nitrogen and oxygen atoms in total. The molecule has 0 radical (unpaired) electrons. The summed E-state index contributed by atoms with van der Waals surface area (Å²) in [6.07, 6.45) is 1.88. The van der Waals surface area contributed by atoms with Gasteiger partial charge in [-0.2, -0.15) is 0 Å². The predicted molar refractivity (Wildman–Crippen MR) is 82.8 cm³/mol. The molecule has 2 N–H and O–H groups in total. The number of sulfonamides is 1. The molecule has 1 aromatic carbocycles. The number of esters is 2. The highest BCUT2D eigenvalue weighted by Crippen LogP contribution is 2.24. The van der Waals surface area contributed by atoms with Crippen LogP contribution in [0, 0.1) is 5.82 Å². The van der Waals surface area contributed by atoms with Gasteiger partial charge >= 0.3 is 11.9 Å². The molecule has 0 amide bonds. The second kappa shape index (κ2) is 6.11. The molecule has 130 valence electrons. The van der Waals surface area contributed by atoms with Gasteiger partial charge in [0.05, 0.1) is 17.6 Å². The lowest BCUT2D eigenvalue weighted by Gasteiger charge is -2.29. The van der Waals surface area contributed by atoms with Crippen molar-refractivity contribution in [2.24, 2.45) is 0 Å². The number of hydrogen-bond donors (Lipinski definition) is 2. The summed E-state index contributed by atoms with van der Waals surface area (Å²) < 4.78 is 48.1. The number of cyclic esters (lactones) is 2. The number of carbonyl (C=O) groups excluding carboxylic acids is 2. The van der Waals surface area contributed by atoms with E-state index in [0.29, 0.717) is 0 Å². The van der Waals surface area contributed by atoms with E-state index in [0.717, 1.165) is 24.6 Å². The second-order valence-corrected chi connectivity index (χ2v) is 7.20. The number of ether oxygens (including phenoxy) is 2. The number of carbonyl (C=O) groups is 2. The average molecular weight is 358 g/mol. The van der Waals surface area contributed by atoms with E-state index in [1.807, 2.05) is 0 Å². The first-order valence-electron chi connectivity index (χ1n) is 6.67. The van der Waals surface area contributed by atoms with Gasteiger partial charge in [0.15, 0.2) is 5.57 Å². The molecular weight excluding hydrogens is 343 g/mol. The summed E-state index contributed by atoms with van der Waals surface area (Å²) in [4.78, 5) is 23.5. The summed E-state index contributed by atoms with van der Waals surface area (Å²) in [6.45, 7) is 2.79. The molecule has 0 spiro atoms. The Morgan fingerprint density at radius 3 is 2.29 bits per heavy atom. The Bertz CT molecular complexity index is 810. The maximum atomic E-state index is 13.8. The van der Waals surface area contributed by atoms with Crippen LogP contribution in [0.2, 0.25) is 0 Å². The van der Waals surface area contributed by atoms with Gasteiger partial charge < -0.3 is 14.8 Å². The van der Waals surface area contributed by atoms with Crippen LogP contribution in [0.15, 0.2) is 30.0 Å². The highest BCUT2D eigenvalue weighted by molar-refractivity contribution is 7.92. The van der Waals surface area contributed by atoms with E-state index in [9.17, 15) is 22.4 Å². The molecule has 1 saturated heterocycles. The SMILES string of the molecule is CC1(C)OC(=O)C(=CNc2cc(NS(C)(=O)=O)ccc2F)C(=O)O1. The highest BCUT2D eigenvalue weighted by atomic mass is 32.2. The Morgan fingerprint density at radius 2 is 1.75 bits per heavy atom. The fourth-order valence-electron chi connectivity index (χ4n) is 1.84. The number of rotatable bonds is 4. The van der Waals surface area contributed by atoms with Crippen molar-refractivity contribution < 1.29 is 31.9 Å². The van der Waals surface area contributed by atoms with Crippen LogP contribution in [-0.4, -0.2) is 32.4 Å². The van der Waals surface area contributed by atoms with Crippen molar-refractivity contribution in [2.75, 3.05) is 16.3 Å². The molecule has 1 aliphatic rings. The van der Waals surface area contributed by atoms with Crippen LogP contribution in [0.1, 0.15) is 13.8 Å². The number of nitrogens with one attached hydrogen (secondary N) is 2. The van der Waals surface area contributed by atoms with E-state index in [-0.39, 0.29) is 11.4 Å². The molecule has 0 bridgehead atoms. The van der Waals surface area contributed by atoms with Crippen molar-refractivity contribution in [1.82, 2.24) is 0 Å². The fraction of sp³-hybridized carbons (Fsp3) is 0.286. The lowest BCUT2D eigenvalue weighted by Crippen LogP contribution is -2.42. The van der Waals surface area contributed by atoms with Crippen molar-refractivity contribution in [3.8, 4) is 0 Å². The molecule has 2 rings (SSSR count). The Hall–Kier alpha value is -2.62. The molecule has 0 unspecified atom stereocenters. The topological polar surface area (TPSA) is 111 Å². The quantitative estimate of drug-likeness (QED) is 0.474. The second-order valence-electron chi connectivity index (χ2n) is 5.45. The van der Waals surface area contributed by atoms with Crippen molar-refractivity contribution in [3.05, 3.63) is 35.8 Å². The minimum absolute atomic E-state index is 0.106. The largest absolute Gasteiger partial charge is 0.419 e. The van der Waals surface area contributed by atoms with Crippen LogP contribution in [0.4, 0.5) is 15.8 Å². The minimum Gasteiger partial charge on any atom is -0.419 e. The zero-order valence-electron chi connectivity index (χ0n) is 13.0. The standard InChI is InChI=1S/C14H15FN2O6S/c1-14(2)22-12(18)9(13(19)23-14)7-16-11-6-8(4-5-10(11)15)17-24(3,20)21/h4-7,16-17H,1-3H3. The number of halogens is 1. The summed E-state index contributed by atoms with van der Waals surface area (Å²) in [5.74, 6) is -3.94. The predicted octanol–water partition coefficient (Wildman–Crippen LogP) is 1.33. The zero-order valence-corrected chi connectivity index (χ0v) is 13.9. The van der Waals surface area contributed by atoms with Gasteiger partial charge in [-0.3, -0.25) is 4.72 Å². The summed E-state index contributed by atoms with van der Waals surface area (Å²) >= 11 is 0. The third-order valence-electron chi connectivity index (χ3n) is 2.76. The number of hydrogen-bond acceptors (Lipinski definition) is 7. The van der Waals surface area contributed by atoms with Gasteiger partial charge in [0, 0.05) is 20.0 Å². The molecule has 1 fully saturated rings. The van der Waals surface area contributed by atoms with E-state index in [2.05, 4.69) is 10.0 Å².